The zero-order valence-electron chi connectivity index (χ0n) is 14.2. The zero-order chi connectivity index (χ0) is 17.8. The molecule has 0 bridgehead atoms. The number of carbonyl (C=O) groups is 1. The summed E-state index contributed by atoms with van der Waals surface area (Å²) in [5.74, 6) is 1.03. The number of benzene rings is 2. The Morgan fingerprint density at radius 1 is 1.08 bits per heavy atom. The number of halogens is 1. The molecule has 0 aromatic heterocycles. The Morgan fingerprint density at radius 3 is 2.52 bits per heavy atom. The second-order valence-electron chi connectivity index (χ2n) is 6.20. The number of carbonyl (C=O) groups excluding carboxylic acids is 1. The van der Waals surface area contributed by atoms with Gasteiger partial charge in [0.25, 0.3) is 0 Å². The van der Waals surface area contributed by atoms with Gasteiger partial charge in [-0.1, -0.05) is 32.0 Å². The summed E-state index contributed by atoms with van der Waals surface area (Å²) in [6.07, 6.45) is 0. The van der Waals surface area contributed by atoms with Crippen LogP contribution in [0.15, 0.2) is 42.5 Å². The van der Waals surface area contributed by atoms with Gasteiger partial charge in [-0.15, -0.1) is 0 Å². The molecule has 0 fully saturated rings. The molecule has 2 amide bonds. The first-order chi connectivity index (χ1) is 12.0. The van der Waals surface area contributed by atoms with Gasteiger partial charge in [-0.3, -0.25) is 0 Å². The van der Waals surface area contributed by atoms with Crippen molar-refractivity contribution in [2.45, 2.75) is 19.9 Å². The maximum atomic E-state index is 13.7. The number of urea groups is 1. The summed E-state index contributed by atoms with van der Waals surface area (Å²) in [6, 6.07) is 11.0. The molecular formula is C19H21FN2O3. The Morgan fingerprint density at radius 2 is 1.80 bits per heavy atom. The number of rotatable bonds is 4. The molecule has 5 nitrogen and oxygen atoms in total. The molecule has 25 heavy (non-hydrogen) atoms. The van der Waals surface area contributed by atoms with Crippen molar-refractivity contribution in [2.75, 3.05) is 18.5 Å². The van der Waals surface area contributed by atoms with Gasteiger partial charge in [0.2, 0.25) is 0 Å². The van der Waals surface area contributed by atoms with Crippen molar-refractivity contribution < 1.29 is 18.7 Å². The quantitative estimate of drug-likeness (QED) is 0.877. The Balaban J connectivity index is 1.75. The molecule has 1 heterocycles. The van der Waals surface area contributed by atoms with Crippen molar-refractivity contribution in [1.82, 2.24) is 5.32 Å². The van der Waals surface area contributed by atoms with Gasteiger partial charge < -0.3 is 20.1 Å². The highest BCUT2D eigenvalue weighted by Gasteiger charge is 2.21. The highest BCUT2D eigenvalue weighted by atomic mass is 19.1. The minimum Gasteiger partial charge on any atom is -0.486 e. The molecule has 1 atom stereocenters. The van der Waals surface area contributed by atoms with Crippen molar-refractivity contribution in [3.05, 3.63) is 53.8 Å². The summed E-state index contributed by atoms with van der Waals surface area (Å²) in [6.45, 7) is 5.04. The number of hydrogen-bond acceptors (Lipinski definition) is 3. The lowest BCUT2D eigenvalue weighted by molar-refractivity contribution is 0.171. The number of hydrogen-bond donors (Lipinski definition) is 2. The number of nitrogens with one attached hydrogen (secondary N) is 2. The molecule has 3 rings (SSSR count). The number of amides is 2. The van der Waals surface area contributed by atoms with Crippen molar-refractivity contribution >= 4 is 11.7 Å². The molecule has 1 aliphatic rings. The molecule has 0 saturated carbocycles. The van der Waals surface area contributed by atoms with Crippen molar-refractivity contribution in [1.29, 1.82) is 0 Å². The van der Waals surface area contributed by atoms with E-state index in [2.05, 4.69) is 10.6 Å². The van der Waals surface area contributed by atoms with E-state index in [1.165, 1.54) is 12.1 Å². The summed E-state index contributed by atoms with van der Waals surface area (Å²) in [7, 11) is 0. The predicted octanol–water partition coefficient (Wildman–Crippen LogP) is 4.12. The van der Waals surface area contributed by atoms with Gasteiger partial charge in [0.15, 0.2) is 11.5 Å². The van der Waals surface area contributed by atoms with Gasteiger partial charge in [0.05, 0.1) is 11.7 Å². The number of para-hydroxylation sites is 1. The molecule has 132 valence electrons. The number of anilines is 1. The van der Waals surface area contributed by atoms with Gasteiger partial charge in [-0.05, 0) is 35.7 Å². The highest BCUT2D eigenvalue weighted by molar-refractivity contribution is 5.89. The van der Waals surface area contributed by atoms with E-state index in [0.29, 0.717) is 24.7 Å². The summed E-state index contributed by atoms with van der Waals surface area (Å²) < 4.78 is 24.8. The van der Waals surface area contributed by atoms with Crippen LogP contribution in [-0.2, 0) is 0 Å². The lowest BCUT2D eigenvalue weighted by Gasteiger charge is -2.25. The number of ether oxygens (including phenoxy) is 2. The van der Waals surface area contributed by atoms with Crippen LogP contribution >= 0.6 is 0 Å². The Labute approximate surface area is 146 Å². The lowest BCUT2D eigenvalue weighted by atomic mass is 9.95. The van der Waals surface area contributed by atoms with Gasteiger partial charge >= 0.3 is 6.03 Å². The third-order valence-electron chi connectivity index (χ3n) is 4.00. The molecule has 0 aliphatic carbocycles. The van der Waals surface area contributed by atoms with Crippen LogP contribution in [0.2, 0.25) is 0 Å². The average molecular weight is 344 g/mol. The summed E-state index contributed by atoms with van der Waals surface area (Å²) in [4.78, 5) is 12.3. The third-order valence-corrected chi connectivity index (χ3v) is 4.00. The second-order valence-corrected chi connectivity index (χ2v) is 6.20. The van der Waals surface area contributed by atoms with E-state index in [1.807, 2.05) is 32.0 Å². The summed E-state index contributed by atoms with van der Waals surface area (Å²) >= 11 is 0. The first-order valence-electron chi connectivity index (χ1n) is 8.26. The van der Waals surface area contributed by atoms with Gasteiger partial charge in [-0.25, -0.2) is 9.18 Å². The van der Waals surface area contributed by atoms with Gasteiger partial charge in [-0.2, -0.15) is 0 Å². The van der Waals surface area contributed by atoms with E-state index in [4.69, 9.17) is 9.47 Å². The van der Waals surface area contributed by atoms with Crippen LogP contribution in [-0.4, -0.2) is 19.2 Å². The van der Waals surface area contributed by atoms with Crippen LogP contribution < -0.4 is 20.1 Å². The molecule has 1 aliphatic heterocycles. The van der Waals surface area contributed by atoms with E-state index in [-0.39, 0.29) is 17.6 Å². The highest BCUT2D eigenvalue weighted by Crippen LogP contribution is 2.34. The number of fused-ring (bicyclic) bond motifs is 1. The van der Waals surface area contributed by atoms with Crippen LogP contribution in [0.5, 0.6) is 11.5 Å². The molecule has 1 unspecified atom stereocenters. The molecule has 0 saturated heterocycles. The van der Waals surface area contributed by atoms with Gasteiger partial charge in [0.1, 0.15) is 19.0 Å². The van der Waals surface area contributed by atoms with Gasteiger partial charge in [0, 0.05) is 0 Å². The minimum absolute atomic E-state index is 0.133. The molecule has 2 aromatic rings. The van der Waals surface area contributed by atoms with Crippen LogP contribution in [0.1, 0.15) is 25.5 Å². The molecule has 2 N–H and O–H groups in total. The van der Waals surface area contributed by atoms with Crippen molar-refractivity contribution in [3.8, 4) is 11.5 Å². The van der Waals surface area contributed by atoms with E-state index in [0.717, 1.165) is 5.56 Å². The topological polar surface area (TPSA) is 59.6 Å². The monoisotopic (exact) mass is 344 g/mol. The summed E-state index contributed by atoms with van der Waals surface area (Å²) in [5, 5.41) is 5.45. The standard InChI is InChI=1S/C19H21FN2O3/c1-12(2)18(13-7-8-16-17(11-13)25-10-9-24-16)22-19(23)21-15-6-4-3-5-14(15)20/h3-8,11-12,18H,9-10H2,1-2H3,(H2,21,22,23). The maximum Gasteiger partial charge on any atom is 0.319 e. The first-order valence-corrected chi connectivity index (χ1v) is 8.26. The fourth-order valence-electron chi connectivity index (χ4n) is 2.75. The Hall–Kier alpha value is -2.76. The molecule has 0 spiro atoms. The SMILES string of the molecule is CC(C)C(NC(=O)Nc1ccccc1F)c1ccc2c(c1)OCCO2. The second kappa shape index (κ2) is 7.42. The molecule has 0 radical (unpaired) electrons. The van der Waals surface area contributed by atoms with Crippen molar-refractivity contribution in [2.24, 2.45) is 5.92 Å². The van der Waals surface area contributed by atoms with Crippen LogP contribution in [0.3, 0.4) is 0 Å². The molecule has 6 heteroatoms. The Bertz CT molecular complexity index is 764. The van der Waals surface area contributed by atoms with E-state index in [1.54, 1.807) is 12.1 Å². The van der Waals surface area contributed by atoms with Crippen LogP contribution in [0, 0.1) is 11.7 Å². The van der Waals surface area contributed by atoms with Crippen molar-refractivity contribution in [3.63, 3.8) is 0 Å². The molecular weight excluding hydrogens is 323 g/mol. The normalized spacial score (nSPS) is 14.1. The predicted molar refractivity (Wildman–Crippen MR) is 93.6 cm³/mol. The average Bonchev–Trinajstić information content (AvgIpc) is 2.61. The van der Waals surface area contributed by atoms with E-state index in [9.17, 15) is 9.18 Å². The van der Waals surface area contributed by atoms with Crippen LogP contribution in [0.25, 0.3) is 0 Å². The smallest absolute Gasteiger partial charge is 0.319 e. The van der Waals surface area contributed by atoms with E-state index >= 15 is 0 Å². The van der Waals surface area contributed by atoms with Crippen LogP contribution in [0.4, 0.5) is 14.9 Å². The zero-order valence-corrected chi connectivity index (χ0v) is 14.2. The minimum atomic E-state index is -0.474. The lowest BCUT2D eigenvalue weighted by Crippen LogP contribution is -2.35. The molecule has 2 aromatic carbocycles. The fraction of sp³-hybridized carbons (Fsp3) is 0.316. The Kier molecular flexibility index (Phi) is 5.07. The largest absolute Gasteiger partial charge is 0.486 e. The summed E-state index contributed by atoms with van der Waals surface area (Å²) in [5.41, 5.74) is 1.05. The fourth-order valence-corrected chi connectivity index (χ4v) is 2.75. The maximum absolute atomic E-state index is 13.7. The van der Waals surface area contributed by atoms with E-state index < -0.39 is 11.8 Å². The third kappa shape index (κ3) is 4.02. The first kappa shape index (κ1) is 17.1.